The van der Waals surface area contributed by atoms with E-state index >= 15 is 0 Å². The van der Waals surface area contributed by atoms with Crippen molar-refractivity contribution < 1.29 is 27.6 Å². The number of ether oxygens (including phenoxy) is 1. The van der Waals surface area contributed by atoms with E-state index < -0.39 is 16.0 Å². The highest BCUT2D eigenvalue weighted by atomic mass is 32.2. The summed E-state index contributed by atoms with van der Waals surface area (Å²) in [5, 5.41) is 27.5. The molecule has 10 nitrogen and oxygen atoms in total. The summed E-state index contributed by atoms with van der Waals surface area (Å²) in [5.41, 5.74) is 2.41. The van der Waals surface area contributed by atoms with E-state index in [-0.39, 0.29) is 21.9 Å². The van der Waals surface area contributed by atoms with Gasteiger partial charge in [0, 0.05) is 32.7 Å². The fourth-order valence-electron chi connectivity index (χ4n) is 5.51. The topological polar surface area (TPSA) is 153 Å². The number of nitrogens with one attached hydrogen (secondary N) is 2. The molecule has 0 radical (unpaired) electrons. The number of phenolic OH excluding ortho intramolecular Hbond substituents is 1. The molecule has 1 aromatic heterocycles. The van der Waals surface area contributed by atoms with Gasteiger partial charge < -0.3 is 20.1 Å². The second-order valence-electron chi connectivity index (χ2n) is 10.4. The first kappa shape index (κ1) is 28.0. The van der Waals surface area contributed by atoms with Crippen molar-refractivity contribution in [3.8, 4) is 11.5 Å². The number of anilines is 1. The highest BCUT2D eigenvalue weighted by molar-refractivity contribution is 7.85. The summed E-state index contributed by atoms with van der Waals surface area (Å²) in [6.45, 7) is 0. The molecule has 0 unspecified atom stereocenters. The summed E-state index contributed by atoms with van der Waals surface area (Å²) in [7, 11) is -2.92. The first-order chi connectivity index (χ1) is 21.7. The number of nitrogens with zero attached hydrogens (tertiary/aromatic N) is 2. The molecule has 45 heavy (non-hydrogen) atoms. The van der Waals surface area contributed by atoms with Gasteiger partial charge in [0.05, 0.1) is 28.8 Å². The van der Waals surface area contributed by atoms with Crippen LogP contribution in [0.25, 0.3) is 43.4 Å². The Bertz CT molecular complexity index is 2450. The predicted octanol–water partition coefficient (Wildman–Crippen LogP) is 8.26. The molecule has 1 amide bonds. The molecule has 7 aromatic rings. The number of fused-ring (bicyclic) bond motifs is 6. The number of H-pyrrole nitrogens is 1. The number of para-hydroxylation sites is 1. The number of aromatic nitrogens is 1. The van der Waals surface area contributed by atoms with Crippen molar-refractivity contribution in [2.45, 2.75) is 4.90 Å². The lowest BCUT2D eigenvalue weighted by atomic mass is 10.00. The summed E-state index contributed by atoms with van der Waals surface area (Å²) in [4.78, 5) is 16.6. The normalized spacial score (nSPS) is 12.0. The van der Waals surface area contributed by atoms with Crippen LogP contribution < -0.4 is 10.1 Å². The Balaban J connectivity index is 1.44. The second-order valence-corrected chi connectivity index (χ2v) is 11.8. The number of methoxy groups -OCH3 is 1. The van der Waals surface area contributed by atoms with Crippen molar-refractivity contribution >= 4 is 76.4 Å². The first-order valence-corrected chi connectivity index (χ1v) is 15.2. The van der Waals surface area contributed by atoms with Gasteiger partial charge in [-0.2, -0.15) is 8.42 Å². The van der Waals surface area contributed by atoms with E-state index in [0.717, 1.165) is 16.3 Å². The molecule has 0 atom stereocenters. The molecule has 7 rings (SSSR count). The number of rotatable bonds is 6. The third-order valence-corrected chi connectivity index (χ3v) is 8.56. The summed E-state index contributed by atoms with van der Waals surface area (Å²) in [5.74, 6) is -0.318. The number of phenols is 1. The van der Waals surface area contributed by atoms with Gasteiger partial charge in [-0.1, -0.05) is 48.5 Å². The Labute approximate surface area is 256 Å². The molecule has 0 spiro atoms. The highest BCUT2D eigenvalue weighted by Crippen LogP contribution is 2.44. The summed E-state index contributed by atoms with van der Waals surface area (Å²) < 4.78 is 38.5. The molecule has 222 valence electrons. The lowest BCUT2D eigenvalue weighted by Crippen LogP contribution is -2.12. The van der Waals surface area contributed by atoms with Crippen molar-refractivity contribution in [1.29, 1.82) is 0 Å². The average Bonchev–Trinajstić information content (AvgIpc) is 3.42. The Morgan fingerprint density at radius 3 is 2.38 bits per heavy atom. The summed E-state index contributed by atoms with van der Waals surface area (Å²) >= 11 is 0. The lowest BCUT2D eigenvalue weighted by molar-refractivity contribution is 0.102. The number of hydrogen-bond acceptors (Lipinski definition) is 7. The predicted molar refractivity (Wildman–Crippen MR) is 174 cm³/mol. The number of aromatic amines is 1. The first-order valence-electron chi connectivity index (χ1n) is 13.8. The number of amides is 1. The van der Waals surface area contributed by atoms with E-state index in [2.05, 4.69) is 20.5 Å². The van der Waals surface area contributed by atoms with E-state index in [9.17, 15) is 22.9 Å². The lowest BCUT2D eigenvalue weighted by Gasteiger charge is -2.12. The Morgan fingerprint density at radius 2 is 1.60 bits per heavy atom. The van der Waals surface area contributed by atoms with Gasteiger partial charge in [0.1, 0.15) is 11.4 Å². The standard InChI is InChI=1S/C34H24N4O6S/c1-44-22-13-11-21(12-14-22)35-34(40)27-17-20-10-16-25-24-6-2-3-7-28(24)36-31(25)30(20)32(33(27)39)38-37-29-8-4-5-19-9-15-23(18-26(19)29)45(41,42)43/h2-18,36,39H,1H3,(H,35,40)(H,41,42,43). The minimum Gasteiger partial charge on any atom is -0.505 e. The monoisotopic (exact) mass is 616 g/mol. The molecule has 0 fully saturated rings. The van der Waals surface area contributed by atoms with Crippen LogP contribution in [0.4, 0.5) is 17.1 Å². The molecule has 0 saturated heterocycles. The molecule has 0 aliphatic rings. The molecular weight excluding hydrogens is 592 g/mol. The van der Waals surface area contributed by atoms with Crippen LogP contribution >= 0.6 is 0 Å². The molecule has 0 saturated carbocycles. The maximum Gasteiger partial charge on any atom is 0.294 e. The van der Waals surface area contributed by atoms with E-state index in [1.807, 2.05) is 36.4 Å². The van der Waals surface area contributed by atoms with Gasteiger partial charge in [-0.3, -0.25) is 9.35 Å². The quantitative estimate of drug-likeness (QED) is 0.109. The van der Waals surface area contributed by atoms with Crippen LogP contribution in [0.1, 0.15) is 10.4 Å². The van der Waals surface area contributed by atoms with E-state index in [1.54, 1.807) is 61.7 Å². The number of azo groups is 1. The number of carbonyl (C=O) groups is 1. The fraction of sp³-hybridized carbons (Fsp3) is 0.0294. The van der Waals surface area contributed by atoms with E-state index in [4.69, 9.17) is 4.74 Å². The zero-order valence-corrected chi connectivity index (χ0v) is 24.5. The van der Waals surface area contributed by atoms with Crippen molar-refractivity contribution in [3.63, 3.8) is 0 Å². The Hall–Kier alpha value is -5.78. The Kier molecular flexibility index (Phi) is 6.69. The van der Waals surface area contributed by atoms with E-state index in [0.29, 0.717) is 44.2 Å². The van der Waals surface area contributed by atoms with Gasteiger partial charge in [-0.25, -0.2) is 0 Å². The number of carbonyl (C=O) groups excluding carboxylic acids is 1. The molecule has 11 heteroatoms. The van der Waals surface area contributed by atoms with Gasteiger partial charge in [0.15, 0.2) is 5.75 Å². The Morgan fingerprint density at radius 1 is 0.822 bits per heavy atom. The molecular formula is C34H24N4O6S. The van der Waals surface area contributed by atoms with Crippen LogP contribution in [0.3, 0.4) is 0 Å². The molecule has 6 aromatic carbocycles. The number of hydrogen-bond donors (Lipinski definition) is 4. The van der Waals surface area contributed by atoms with E-state index in [1.165, 1.54) is 12.1 Å². The maximum absolute atomic E-state index is 13.5. The van der Waals surface area contributed by atoms with Crippen molar-refractivity contribution in [2.24, 2.45) is 10.2 Å². The SMILES string of the molecule is COc1ccc(NC(=O)c2cc3ccc4c5ccccc5[nH]c4c3c(N=Nc3cccc4ccc(S(=O)(=O)O)cc34)c2O)cc1. The molecule has 0 aliphatic carbocycles. The second kappa shape index (κ2) is 10.7. The zero-order valence-electron chi connectivity index (χ0n) is 23.6. The minimum atomic E-state index is -4.46. The molecule has 4 N–H and O–H groups in total. The van der Waals surface area contributed by atoms with Gasteiger partial charge in [0.2, 0.25) is 0 Å². The molecule has 0 aliphatic heterocycles. The number of benzene rings is 6. The van der Waals surface area contributed by atoms with Crippen LogP contribution in [-0.2, 0) is 10.1 Å². The van der Waals surface area contributed by atoms with Gasteiger partial charge in [-0.15, -0.1) is 10.2 Å². The van der Waals surface area contributed by atoms with Crippen molar-refractivity contribution in [2.75, 3.05) is 12.4 Å². The fourth-order valence-corrected chi connectivity index (χ4v) is 6.02. The van der Waals surface area contributed by atoms with Gasteiger partial charge in [-0.05, 0) is 65.4 Å². The van der Waals surface area contributed by atoms with Crippen LogP contribution in [0, 0.1) is 0 Å². The third-order valence-electron chi connectivity index (χ3n) is 7.71. The van der Waals surface area contributed by atoms with Gasteiger partial charge in [0.25, 0.3) is 16.0 Å². The highest BCUT2D eigenvalue weighted by Gasteiger charge is 2.22. The largest absolute Gasteiger partial charge is 0.505 e. The van der Waals surface area contributed by atoms with Crippen LogP contribution in [0.15, 0.2) is 118 Å². The minimum absolute atomic E-state index is 0.0192. The van der Waals surface area contributed by atoms with Crippen LogP contribution in [-0.4, -0.2) is 36.1 Å². The van der Waals surface area contributed by atoms with Crippen molar-refractivity contribution in [1.82, 2.24) is 4.98 Å². The molecule has 0 bridgehead atoms. The summed E-state index contributed by atoms with van der Waals surface area (Å²) in [6.07, 6.45) is 0. The number of aromatic hydroxyl groups is 1. The van der Waals surface area contributed by atoms with Crippen molar-refractivity contribution in [3.05, 3.63) is 109 Å². The van der Waals surface area contributed by atoms with Crippen LogP contribution in [0.5, 0.6) is 11.5 Å². The molecule has 1 heterocycles. The van der Waals surface area contributed by atoms with Crippen LogP contribution in [0.2, 0.25) is 0 Å². The average molecular weight is 617 g/mol. The van der Waals surface area contributed by atoms with Gasteiger partial charge >= 0.3 is 0 Å². The third kappa shape index (κ3) is 4.99. The smallest absolute Gasteiger partial charge is 0.294 e. The maximum atomic E-state index is 13.5. The zero-order chi connectivity index (χ0) is 31.3. The summed E-state index contributed by atoms with van der Waals surface area (Å²) in [6, 6.07) is 29.3.